The first-order chi connectivity index (χ1) is 18.1. The van der Waals surface area contributed by atoms with Crippen LogP contribution in [-0.2, 0) is 15.0 Å². The number of benzene rings is 4. The summed E-state index contributed by atoms with van der Waals surface area (Å²) in [5, 5.41) is 13.7. The molecular weight excluding hydrogens is 498 g/mol. The molecule has 4 aromatic carbocycles. The maximum atomic E-state index is 13.7. The zero-order valence-electron chi connectivity index (χ0n) is 21.7. The summed E-state index contributed by atoms with van der Waals surface area (Å²) >= 11 is 6.24. The standard InChI is InChI=1S/C32H28ClNO4/c1-32(2,3)21-14-12-20(13-15-21)28-27(29(35)24-18-22(33)16-17-26(24)38-4)30(36)31(37)34(28)25-11-7-9-19-8-5-6-10-23(19)25/h5-18,28,35H,1-4H3/b29-27+. The smallest absolute Gasteiger partial charge is 0.300 e. The lowest BCUT2D eigenvalue weighted by atomic mass is 9.85. The van der Waals surface area contributed by atoms with Gasteiger partial charge in [-0.1, -0.05) is 93.0 Å². The molecule has 6 heteroatoms. The van der Waals surface area contributed by atoms with E-state index < -0.39 is 17.7 Å². The zero-order valence-corrected chi connectivity index (χ0v) is 22.4. The number of carbonyl (C=O) groups excluding carboxylic acids is 2. The highest BCUT2D eigenvalue weighted by atomic mass is 35.5. The van der Waals surface area contributed by atoms with Gasteiger partial charge in [0.05, 0.1) is 30.0 Å². The van der Waals surface area contributed by atoms with Gasteiger partial charge in [0.1, 0.15) is 11.5 Å². The highest BCUT2D eigenvalue weighted by molar-refractivity contribution is 6.52. The number of halogens is 1. The quantitative estimate of drug-likeness (QED) is 0.171. The first-order valence-electron chi connectivity index (χ1n) is 12.3. The number of amides is 1. The minimum atomic E-state index is -0.862. The third-order valence-corrected chi connectivity index (χ3v) is 7.21. The maximum Gasteiger partial charge on any atom is 0.300 e. The third kappa shape index (κ3) is 4.33. The summed E-state index contributed by atoms with van der Waals surface area (Å²) in [4.78, 5) is 28.8. The molecule has 0 aliphatic carbocycles. The van der Waals surface area contributed by atoms with Gasteiger partial charge in [-0.25, -0.2) is 0 Å². The van der Waals surface area contributed by atoms with Gasteiger partial charge in [-0.05, 0) is 46.2 Å². The SMILES string of the molecule is COc1ccc(Cl)cc1/C(O)=C1\C(=O)C(=O)N(c2cccc3ccccc23)C1c1ccc(C(C)(C)C)cc1. The fourth-order valence-electron chi connectivity index (χ4n) is 4.99. The Hall–Kier alpha value is -4.09. The van der Waals surface area contributed by atoms with Gasteiger partial charge in [0.25, 0.3) is 11.7 Å². The van der Waals surface area contributed by atoms with Gasteiger partial charge < -0.3 is 9.84 Å². The summed E-state index contributed by atoms with van der Waals surface area (Å²) in [6.45, 7) is 6.36. The molecule has 1 N–H and O–H groups in total. The van der Waals surface area contributed by atoms with Crippen molar-refractivity contribution in [3.8, 4) is 5.75 Å². The number of Topliss-reactive ketones (excluding diaryl/α,β-unsaturated/α-hetero) is 1. The molecule has 192 valence electrons. The Labute approximate surface area is 226 Å². The number of aliphatic hydroxyl groups excluding tert-OH is 1. The van der Waals surface area contributed by atoms with E-state index in [-0.39, 0.29) is 22.3 Å². The summed E-state index contributed by atoms with van der Waals surface area (Å²) in [5.41, 5.74) is 2.54. The zero-order chi connectivity index (χ0) is 27.2. The Bertz CT molecular complexity index is 1590. The monoisotopic (exact) mass is 525 g/mol. The second-order valence-corrected chi connectivity index (χ2v) is 10.8. The number of rotatable bonds is 4. The van der Waals surface area contributed by atoms with Crippen molar-refractivity contribution in [2.45, 2.75) is 32.2 Å². The number of fused-ring (bicyclic) bond motifs is 1. The number of hydrogen-bond donors (Lipinski definition) is 1. The lowest BCUT2D eigenvalue weighted by Gasteiger charge is -2.27. The van der Waals surface area contributed by atoms with Crippen LogP contribution in [-0.4, -0.2) is 23.9 Å². The first-order valence-corrected chi connectivity index (χ1v) is 12.7. The molecular formula is C32H28ClNO4. The molecule has 1 atom stereocenters. The van der Waals surface area contributed by atoms with E-state index in [4.69, 9.17) is 16.3 Å². The van der Waals surface area contributed by atoms with Crippen molar-refractivity contribution in [1.82, 2.24) is 0 Å². The predicted octanol–water partition coefficient (Wildman–Crippen LogP) is 7.43. The fraction of sp³-hybridized carbons (Fsp3) is 0.188. The van der Waals surface area contributed by atoms with Gasteiger partial charge in [0.2, 0.25) is 0 Å². The van der Waals surface area contributed by atoms with E-state index in [9.17, 15) is 14.7 Å². The molecule has 0 radical (unpaired) electrons. The largest absolute Gasteiger partial charge is 0.507 e. The van der Waals surface area contributed by atoms with E-state index in [1.807, 2.05) is 66.7 Å². The normalized spacial score (nSPS) is 17.3. The summed E-state index contributed by atoms with van der Waals surface area (Å²) < 4.78 is 5.44. The summed E-state index contributed by atoms with van der Waals surface area (Å²) in [6, 6.07) is 25.1. The van der Waals surface area contributed by atoms with Gasteiger partial charge in [0.15, 0.2) is 0 Å². The number of hydrogen-bond acceptors (Lipinski definition) is 4. The van der Waals surface area contributed by atoms with Crippen molar-refractivity contribution in [3.63, 3.8) is 0 Å². The molecule has 5 rings (SSSR count). The van der Waals surface area contributed by atoms with Crippen LogP contribution in [0.15, 0.2) is 90.5 Å². The van der Waals surface area contributed by atoms with Crippen molar-refractivity contribution in [3.05, 3.63) is 112 Å². The Morgan fingerprint density at radius 1 is 0.921 bits per heavy atom. The Morgan fingerprint density at radius 3 is 2.29 bits per heavy atom. The van der Waals surface area contributed by atoms with Crippen LogP contribution in [0, 0.1) is 0 Å². The van der Waals surface area contributed by atoms with Crippen LogP contribution in [0.2, 0.25) is 5.02 Å². The fourth-order valence-corrected chi connectivity index (χ4v) is 5.16. The number of carbonyl (C=O) groups is 2. The minimum absolute atomic E-state index is 0.0213. The highest BCUT2D eigenvalue weighted by Gasteiger charge is 2.47. The summed E-state index contributed by atoms with van der Waals surface area (Å²) in [5.74, 6) is -1.49. The average Bonchev–Trinajstić information content (AvgIpc) is 3.17. The van der Waals surface area contributed by atoms with E-state index >= 15 is 0 Å². The van der Waals surface area contributed by atoms with E-state index in [0.29, 0.717) is 22.0 Å². The van der Waals surface area contributed by atoms with Crippen molar-refractivity contribution in [1.29, 1.82) is 0 Å². The van der Waals surface area contributed by atoms with Crippen LogP contribution in [0.1, 0.15) is 43.5 Å². The van der Waals surface area contributed by atoms with Crippen LogP contribution >= 0.6 is 11.6 Å². The molecule has 1 aliphatic heterocycles. The first kappa shape index (κ1) is 25.6. The number of ether oxygens (including phenoxy) is 1. The van der Waals surface area contributed by atoms with Gasteiger partial charge in [-0.3, -0.25) is 14.5 Å². The molecule has 1 aliphatic rings. The predicted molar refractivity (Wildman–Crippen MR) is 152 cm³/mol. The van der Waals surface area contributed by atoms with Crippen molar-refractivity contribution < 1.29 is 19.4 Å². The molecule has 5 nitrogen and oxygen atoms in total. The molecule has 38 heavy (non-hydrogen) atoms. The van der Waals surface area contributed by atoms with Gasteiger partial charge in [-0.2, -0.15) is 0 Å². The number of methoxy groups -OCH3 is 1. The molecule has 0 saturated carbocycles. The number of nitrogens with zero attached hydrogens (tertiary/aromatic N) is 1. The van der Waals surface area contributed by atoms with E-state index in [1.54, 1.807) is 12.1 Å². The topological polar surface area (TPSA) is 66.8 Å². The van der Waals surface area contributed by atoms with Crippen molar-refractivity contribution in [2.75, 3.05) is 12.0 Å². The highest BCUT2D eigenvalue weighted by Crippen LogP contribution is 2.45. The second kappa shape index (κ2) is 9.66. The lowest BCUT2D eigenvalue weighted by molar-refractivity contribution is -0.132. The van der Waals surface area contributed by atoms with Gasteiger partial charge in [0, 0.05) is 10.4 Å². The number of aliphatic hydroxyl groups is 1. The van der Waals surface area contributed by atoms with Crippen LogP contribution in [0.4, 0.5) is 5.69 Å². The Balaban J connectivity index is 1.79. The van der Waals surface area contributed by atoms with Crippen LogP contribution in [0.5, 0.6) is 5.75 Å². The molecule has 0 spiro atoms. The van der Waals surface area contributed by atoms with E-state index in [0.717, 1.165) is 16.3 Å². The molecule has 0 bridgehead atoms. The molecule has 1 saturated heterocycles. The van der Waals surface area contributed by atoms with Gasteiger partial charge in [-0.15, -0.1) is 0 Å². The van der Waals surface area contributed by atoms with Crippen molar-refractivity contribution in [2.24, 2.45) is 0 Å². The minimum Gasteiger partial charge on any atom is -0.507 e. The van der Waals surface area contributed by atoms with E-state index in [1.165, 1.54) is 18.1 Å². The summed E-state index contributed by atoms with van der Waals surface area (Å²) in [7, 11) is 1.47. The number of ketones is 1. The molecule has 4 aromatic rings. The molecule has 1 fully saturated rings. The molecule has 1 amide bonds. The Kier molecular flexibility index (Phi) is 6.49. The van der Waals surface area contributed by atoms with E-state index in [2.05, 4.69) is 20.8 Å². The van der Waals surface area contributed by atoms with Crippen LogP contribution in [0.3, 0.4) is 0 Å². The average molecular weight is 526 g/mol. The maximum absolute atomic E-state index is 13.7. The molecule has 1 heterocycles. The molecule has 1 unspecified atom stereocenters. The second-order valence-electron chi connectivity index (χ2n) is 10.4. The van der Waals surface area contributed by atoms with Crippen LogP contribution in [0.25, 0.3) is 16.5 Å². The summed E-state index contributed by atoms with van der Waals surface area (Å²) in [6.07, 6.45) is 0. The lowest BCUT2D eigenvalue weighted by Crippen LogP contribution is -2.29. The van der Waals surface area contributed by atoms with Gasteiger partial charge >= 0.3 is 0 Å². The van der Waals surface area contributed by atoms with Crippen LogP contribution < -0.4 is 9.64 Å². The Morgan fingerprint density at radius 2 is 1.61 bits per heavy atom. The third-order valence-electron chi connectivity index (χ3n) is 6.98. The molecule has 0 aromatic heterocycles. The van der Waals surface area contributed by atoms with Crippen molar-refractivity contribution >= 4 is 45.5 Å². The number of anilines is 1.